The summed E-state index contributed by atoms with van der Waals surface area (Å²) < 4.78 is 5.08. The lowest BCUT2D eigenvalue weighted by molar-refractivity contribution is 0.0574. The van der Waals surface area contributed by atoms with E-state index in [1.165, 1.54) is 6.20 Å². The van der Waals surface area contributed by atoms with E-state index in [0.717, 1.165) is 19.5 Å². The summed E-state index contributed by atoms with van der Waals surface area (Å²) in [6.45, 7) is 5.75. The number of amides is 1. The lowest BCUT2D eigenvalue weighted by Crippen LogP contribution is -2.42. The third-order valence-corrected chi connectivity index (χ3v) is 3.56. The van der Waals surface area contributed by atoms with Crippen LogP contribution in [0.4, 0.5) is 0 Å². The van der Waals surface area contributed by atoms with Crippen molar-refractivity contribution in [1.29, 1.82) is 0 Å². The van der Waals surface area contributed by atoms with Crippen LogP contribution in [0.5, 0.6) is 0 Å². The lowest BCUT2D eigenvalue weighted by Gasteiger charge is -2.33. The highest BCUT2D eigenvalue weighted by Gasteiger charge is 2.29. The Kier molecular flexibility index (Phi) is 3.64. The zero-order chi connectivity index (χ0) is 14.8. The average Bonchev–Trinajstić information content (AvgIpc) is 2.96. The minimum atomic E-state index is -0.212. The molecule has 2 aromatic heterocycles. The fourth-order valence-corrected chi connectivity index (χ4v) is 2.79. The fourth-order valence-electron chi connectivity index (χ4n) is 2.79. The molecule has 3 heterocycles. The van der Waals surface area contributed by atoms with Crippen LogP contribution in [-0.4, -0.2) is 44.0 Å². The summed E-state index contributed by atoms with van der Waals surface area (Å²) in [4.78, 5) is 26.4. The van der Waals surface area contributed by atoms with Crippen LogP contribution in [0.2, 0.25) is 0 Å². The molecule has 2 atom stereocenters. The number of hydrogen-bond donors (Lipinski definition) is 0. The second kappa shape index (κ2) is 5.59. The molecule has 2 aromatic rings. The first-order valence-electron chi connectivity index (χ1n) is 7.03. The van der Waals surface area contributed by atoms with Crippen LogP contribution in [0.3, 0.4) is 0 Å². The molecule has 0 saturated carbocycles. The summed E-state index contributed by atoms with van der Waals surface area (Å²) in [5.74, 6) is 1.05. The molecule has 3 rings (SSSR count). The van der Waals surface area contributed by atoms with E-state index in [0.29, 0.717) is 17.5 Å². The molecule has 0 spiro atoms. The Morgan fingerprint density at radius 2 is 2.05 bits per heavy atom. The van der Waals surface area contributed by atoms with E-state index in [-0.39, 0.29) is 17.6 Å². The van der Waals surface area contributed by atoms with E-state index < -0.39 is 0 Å². The van der Waals surface area contributed by atoms with Crippen LogP contribution in [0.15, 0.2) is 23.1 Å². The van der Waals surface area contributed by atoms with Gasteiger partial charge in [0.1, 0.15) is 5.69 Å². The van der Waals surface area contributed by atoms with E-state index in [1.807, 2.05) is 0 Å². The molecule has 0 aromatic carbocycles. The van der Waals surface area contributed by atoms with Crippen molar-refractivity contribution in [3.8, 4) is 11.5 Å². The van der Waals surface area contributed by atoms with Crippen molar-refractivity contribution in [3.05, 3.63) is 24.5 Å². The molecule has 1 aliphatic heterocycles. The Balaban J connectivity index is 1.78. The zero-order valence-electron chi connectivity index (χ0n) is 12.1. The van der Waals surface area contributed by atoms with Gasteiger partial charge in [0.2, 0.25) is 5.82 Å². The molecule has 0 aliphatic carbocycles. The highest BCUT2D eigenvalue weighted by Crippen LogP contribution is 2.22. The molecule has 0 N–H and O–H groups in total. The maximum atomic E-state index is 12.4. The normalized spacial score (nSPS) is 22.3. The molecular weight excluding hydrogens is 270 g/mol. The first kappa shape index (κ1) is 13.7. The van der Waals surface area contributed by atoms with Crippen LogP contribution < -0.4 is 0 Å². The van der Waals surface area contributed by atoms with Crippen LogP contribution in [0.25, 0.3) is 11.5 Å². The number of carbonyl (C=O) groups is 1. The molecule has 1 aliphatic rings. The van der Waals surface area contributed by atoms with E-state index >= 15 is 0 Å². The zero-order valence-corrected chi connectivity index (χ0v) is 12.1. The van der Waals surface area contributed by atoms with Gasteiger partial charge in [-0.15, -0.1) is 0 Å². The Morgan fingerprint density at radius 3 is 2.71 bits per heavy atom. The fraction of sp³-hybridized carbons (Fsp3) is 0.500. The van der Waals surface area contributed by atoms with Gasteiger partial charge >= 0.3 is 11.8 Å². The minimum absolute atomic E-state index is 0.0111. The van der Waals surface area contributed by atoms with Crippen LogP contribution in [0.1, 0.15) is 31.0 Å². The molecule has 7 nitrogen and oxygen atoms in total. The van der Waals surface area contributed by atoms with E-state index in [1.54, 1.807) is 17.3 Å². The molecule has 2 unspecified atom stereocenters. The first-order valence-corrected chi connectivity index (χ1v) is 7.03. The molecular formula is C14H17N5O2. The average molecular weight is 287 g/mol. The number of hydrogen-bond acceptors (Lipinski definition) is 6. The van der Waals surface area contributed by atoms with Crippen molar-refractivity contribution in [3.63, 3.8) is 0 Å². The lowest BCUT2D eigenvalue weighted by atomic mass is 9.92. The van der Waals surface area contributed by atoms with Crippen molar-refractivity contribution in [2.24, 2.45) is 11.8 Å². The second-order valence-electron chi connectivity index (χ2n) is 5.67. The number of rotatable bonds is 2. The summed E-state index contributed by atoms with van der Waals surface area (Å²) in [7, 11) is 0. The van der Waals surface area contributed by atoms with Crippen molar-refractivity contribution in [2.45, 2.75) is 20.3 Å². The minimum Gasteiger partial charge on any atom is -0.334 e. The van der Waals surface area contributed by atoms with Crippen LogP contribution in [-0.2, 0) is 0 Å². The van der Waals surface area contributed by atoms with Gasteiger partial charge in [0, 0.05) is 25.5 Å². The Labute approximate surface area is 122 Å². The van der Waals surface area contributed by atoms with E-state index in [2.05, 4.69) is 34.0 Å². The number of carbonyl (C=O) groups excluding carboxylic acids is 1. The van der Waals surface area contributed by atoms with Crippen molar-refractivity contribution < 1.29 is 9.32 Å². The van der Waals surface area contributed by atoms with Gasteiger partial charge in [-0.05, 0) is 18.3 Å². The van der Waals surface area contributed by atoms with Crippen molar-refractivity contribution >= 4 is 5.91 Å². The number of aromatic nitrogens is 4. The molecule has 0 bridgehead atoms. The Bertz CT molecular complexity index is 617. The maximum absolute atomic E-state index is 12.4. The summed E-state index contributed by atoms with van der Waals surface area (Å²) in [5.41, 5.74) is 0.487. The summed E-state index contributed by atoms with van der Waals surface area (Å²) in [5, 5.41) is 3.80. The molecule has 1 fully saturated rings. The quantitative estimate of drug-likeness (QED) is 0.834. The molecule has 1 saturated heterocycles. The van der Waals surface area contributed by atoms with Gasteiger partial charge in [-0.25, -0.2) is 4.98 Å². The first-order chi connectivity index (χ1) is 10.1. The molecule has 21 heavy (non-hydrogen) atoms. The standard InChI is InChI=1S/C14H17N5O2/c1-9-5-10(2)8-19(7-9)14(20)13-17-12(18-21-13)11-6-15-3-4-16-11/h3-4,6,9-10H,5,7-8H2,1-2H3. The smallest absolute Gasteiger partial charge is 0.316 e. The topological polar surface area (TPSA) is 85.0 Å². The maximum Gasteiger partial charge on any atom is 0.316 e. The highest BCUT2D eigenvalue weighted by molar-refractivity contribution is 5.90. The van der Waals surface area contributed by atoms with Gasteiger partial charge in [0.05, 0.1) is 6.20 Å². The number of nitrogens with zero attached hydrogens (tertiary/aromatic N) is 5. The largest absolute Gasteiger partial charge is 0.334 e. The van der Waals surface area contributed by atoms with Gasteiger partial charge in [-0.2, -0.15) is 4.98 Å². The molecule has 7 heteroatoms. The van der Waals surface area contributed by atoms with E-state index in [9.17, 15) is 4.79 Å². The predicted molar refractivity (Wildman–Crippen MR) is 74.2 cm³/mol. The molecule has 110 valence electrons. The van der Waals surface area contributed by atoms with Gasteiger partial charge in [0.25, 0.3) is 0 Å². The molecule has 1 amide bonds. The monoisotopic (exact) mass is 287 g/mol. The van der Waals surface area contributed by atoms with Gasteiger partial charge in [0.15, 0.2) is 0 Å². The number of likely N-dealkylation sites (tertiary alicyclic amines) is 1. The van der Waals surface area contributed by atoms with Crippen LogP contribution in [0, 0.1) is 11.8 Å². The van der Waals surface area contributed by atoms with E-state index in [4.69, 9.17) is 4.52 Å². The highest BCUT2D eigenvalue weighted by atomic mass is 16.5. The summed E-state index contributed by atoms with van der Waals surface area (Å²) in [6, 6.07) is 0. The SMILES string of the molecule is CC1CC(C)CN(C(=O)c2nc(-c3cnccn3)no2)C1. The Hall–Kier alpha value is -2.31. The molecule has 0 radical (unpaired) electrons. The Morgan fingerprint density at radius 1 is 1.29 bits per heavy atom. The van der Waals surface area contributed by atoms with Gasteiger partial charge in [-0.1, -0.05) is 19.0 Å². The summed E-state index contributed by atoms with van der Waals surface area (Å²) in [6.07, 6.45) is 5.77. The summed E-state index contributed by atoms with van der Waals surface area (Å²) >= 11 is 0. The third-order valence-electron chi connectivity index (χ3n) is 3.56. The predicted octanol–water partition coefficient (Wildman–Crippen LogP) is 1.64. The van der Waals surface area contributed by atoms with Crippen molar-refractivity contribution in [2.75, 3.05) is 13.1 Å². The second-order valence-corrected chi connectivity index (χ2v) is 5.67. The van der Waals surface area contributed by atoms with Gasteiger partial charge in [-0.3, -0.25) is 9.78 Å². The number of piperidine rings is 1. The van der Waals surface area contributed by atoms with Crippen LogP contribution >= 0.6 is 0 Å². The van der Waals surface area contributed by atoms with Crippen molar-refractivity contribution in [1.82, 2.24) is 25.0 Å². The third kappa shape index (κ3) is 2.91. The van der Waals surface area contributed by atoms with Gasteiger partial charge < -0.3 is 9.42 Å².